The Bertz CT molecular complexity index is 457. The second kappa shape index (κ2) is 8.67. The number of nitrogens with zero attached hydrogens (tertiary/aromatic N) is 2. The number of hydrogen-bond acceptors (Lipinski definition) is 4. The van der Waals surface area contributed by atoms with Gasteiger partial charge in [0, 0.05) is 25.7 Å². The highest BCUT2D eigenvalue weighted by atomic mass is 16.5. The first-order chi connectivity index (χ1) is 11.3. The lowest BCUT2D eigenvalue weighted by Crippen LogP contribution is -2.36. The molecule has 23 heavy (non-hydrogen) atoms. The molecule has 1 saturated carbocycles. The van der Waals surface area contributed by atoms with Gasteiger partial charge in [0.2, 0.25) is 0 Å². The van der Waals surface area contributed by atoms with Gasteiger partial charge in [-0.1, -0.05) is 25.0 Å². The van der Waals surface area contributed by atoms with Crippen molar-refractivity contribution in [2.45, 2.75) is 44.7 Å². The maximum absolute atomic E-state index is 8.79. The van der Waals surface area contributed by atoms with E-state index in [1.54, 1.807) is 0 Å². The Morgan fingerprint density at radius 2 is 1.74 bits per heavy atom. The molecule has 1 aromatic rings. The summed E-state index contributed by atoms with van der Waals surface area (Å²) in [6.07, 6.45) is 6.96. The number of ether oxygens (including phenoxy) is 1. The molecule has 0 atom stereocenters. The smallest absolute Gasteiger partial charge is 0.119 e. The standard InChI is InChI=1S/C19H30N2O2/c22-14-15-23-19-8-6-17(7-9-19)16-20-10-3-11-21(13-12-20)18-4-1-2-5-18/h6-9,18,22H,1-5,10-16H2. The molecule has 2 aliphatic rings. The van der Waals surface area contributed by atoms with E-state index in [1.165, 1.54) is 63.8 Å². The lowest BCUT2D eigenvalue weighted by molar-refractivity contribution is 0.198. The molecule has 128 valence electrons. The van der Waals surface area contributed by atoms with Crippen molar-refractivity contribution in [3.05, 3.63) is 29.8 Å². The van der Waals surface area contributed by atoms with Crippen LogP contribution in [0.25, 0.3) is 0 Å². The highest BCUT2D eigenvalue weighted by Crippen LogP contribution is 2.24. The van der Waals surface area contributed by atoms with Gasteiger partial charge in [0.05, 0.1) is 6.61 Å². The van der Waals surface area contributed by atoms with E-state index in [4.69, 9.17) is 9.84 Å². The third kappa shape index (κ3) is 4.93. The number of aliphatic hydroxyl groups excluding tert-OH is 1. The summed E-state index contributed by atoms with van der Waals surface area (Å²) < 4.78 is 5.42. The molecule has 1 heterocycles. The molecule has 0 spiro atoms. The van der Waals surface area contributed by atoms with Gasteiger partial charge in [-0.05, 0) is 50.0 Å². The third-order valence-electron chi connectivity index (χ3n) is 5.15. The van der Waals surface area contributed by atoms with Crippen LogP contribution in [0.5, 0.6) is 5.75 Å². The molecular weight excluding hydrogens is 288 g/mol. The van der Waals surface area contributed by atoms with Crippen LogP contribution in [0.4, 0.5) is 0 Å². The minimum absolute atomic E-state index is 0.0625. The van der Waals surface area contributed by atoms with Crippen molar-refractivity contribution in [3.63, 3.8) is 0 Å². The second-order valence-electron chi connectivity index (χ2n) is 6.82. The third-order valence-corrected chi connectivity index (χ3v) is 5.15. The van der Waals surface area contributed by atoms with Crippen molar-refractivity contribution >= 4 is 0 Å². The molecule has 2 fully saturated rings. The summed E-state index contributed by atoms with van der Waals surface area (Å²) in [7, 11) is 0. The molecule has 0 amide bonds. The monoisotopic (exact) mass is 318 g/mol. The van der Waals surface area contributed by atoms with Crippen LogP contribution >= 0.6 is 0 Å². The number of benzene rings is 1. The van der Waals surface area contributed by atoms with Gasteiger partial charge in [0.25, 0.3) is 0 Å². The molecule has 1 aliphatic carbocycles. The average Bonchev–Trinajstić information content (AvgIpc) is 3.02. The highest BCUT2D eigenvalue weighted by molar-refractivity contribution is 5.27. The van der Waals surface area contributed by atoms with Crippen LogP contribution < -0.4 is 4.74 Å². The molecule has 0 aromatic heterocycles. The summed E-state index contributed by atoms with van der Waals surface area (Å²) in [6.45, 7) is 6.33. The van der Waals surface area contributed by atoms with E-state index in [0.29, 0.717) is 6.61 Å². The molecule has 4 heteroatoms. The number of rotatable bonds is 6. The second-order valence-corrected chi connectivity index (χ2v) is 6.82. The molecule has 1 aromatic carbocycles. The fourth-order valence-electron chi connectivity index (χ4n) is 3.90. The zero-order valence-electron chi connectivity index (χ0n) is 14.1. The molecule has 4 nitrogen and oxygen atoms in total. The molecular formula is C19H30N2O2. The Balaban J connectivity index is 1.48. The average molecular weight is 318 g/mol. The van der Waals surface area contributed by atoms with Gasteiger partial charge in [0.15, 0.2) is 0 Å². The summed E-state index contributed by atoms with van der Waals surface area (Å²) in [5.41, 5.74) is 1.34. The first-order valence-corrected chi connectivity index (χ1v) is 9.14. The van der Waals surface area contributed by atoms with E-state index in [2.05, 4.69) is 21.9 Å². The molecule has 0 bridgehead atoms. The van der Waals surface area contributed by atoms with Crippen molar-refractivity contribution in [1.82, 2.24) is 9.80 Å². The van der Waals surface area contributed by atoms with Gasteiger partial charge in [-0.25, -0.2) is 0 Å². The Kier molecular flexibility index (Phi) is 6.31. The first kappa shape index (κ1) is 16.7. The van der Waals surface area contributed by atoms with Crippen LogP contribution in [0.1, 0.15) is 37.7 Å². The Morgan fingerprint density at radius 1 is 0.957 bits per heavy atom. The molecule has 1 N–H and O–H groups in total. The van der Waals surface area contributed by atoms with Crippen molar-refractivity contribution in [2.75, 3.05) is 39.4 Å². The predicted molar refractivity (Wildman–Crippen MR) is 92.7 cm³/mol. The minimum atomic E-state index is 0.0625. The molecule has 3 rings (SSSR count). The van der Waals surface area contributed by atoms with Gasteiger partial charge in [-0.15, -0.1) is 0 Å². The summed E-state index contributed by atoms with van der Waals surface area (Å²) in [4.78, 5) is 5.32. The van der Waals surface area contributed by atoms with E-state index >= 15 is 0 Å². The van der Waals surface area contributed by atoms with Gasteiger partial charge in [-0.3, -0.25) is 9.80 Å². The fourth-order valence-corrected chi connectivity index (χ4v) is 3.90. The summed E-state index contributed by atoms with van der Waals surface area (Å²) in [6, 6.07) is 9.16. The molecule has 0 radical (unpaired) electrons. The SMILES string of the molecule is OCCOc1ccc(CN2CCCN(C3CCCC3)CC2)cc1. The minimum Gasteiger partial charge on any atom is -0.491 e. The van der Waals surface area contributed by atoms with E-state index in [-0.39, 0.29) is 6.61 Å². The van der Waals surface area contributed by atoms with E-state index < -0.39 is 0 Å². The zero-order chi connectivity index (χ0) is 15.9. The van der Waals surface area contributed by atoms with Crippen molar-refractivity contribution in [3.8, 4) is 5.75 Å². The predicted octanol–water partition coefficient (Wildman–Crippen LogP) is 2.51. The molecule has 1 saturated heterocycles. The lowest BCUT2D eigenvalue weighted by atomic mass is 10.2. The Hall–Kier alpha value is -1.10. The summed E-state index contributed by atoms with van der Waals surface area (Å²) >= 11 is 0. The maximum Gasteiger partial charge on any atom is 0.119 e. The summed E-state index contributed by atoms with van der Waals surface area (Å²) in [5, 5.41) is 8.79. The zero-order valence-corrected chi connectivity index (χ0v) is 14.1. The van der Waals surface area contributed by atoms with Gasteiger partial charge in [-0.2, -0.15) is 0 Å². The Labute approximate surface area is 140 Å². The molecule has 0 unspecified atom stereocenters. The Morgan fingerprint density at radius 3 is 2.48 bits per heavy atom. The quantitative estimate of drug-likeness (QED) is 0.874. The summed E-state index contributed by atoms with van der Waals surface area (Å²) in [5.74, 6) is 0.839. The fraction of sp³-hybridized carbons (Fsp3) is 0.684. The van der Waals surface area contributed by atoms with Crippen LogP contribution in [0.3, 0.4) is 0 Å². The largest absolute Gasteiger partial charge is 0.491 e. The highest BCUT2D eigenvalue weighted by Gasteiger charge is 2.24. The van der Waals surface area contributed by atoms with Gasteiger partial charge in [0.1, 0.15) is 12.4 Å². The van der Waals surface area contributed by atoms with E-state index in [1.807, 2.05) is 12.1 Å². The first-order valence-electron chi connectivity index (χ1n) is 9.14. The van der Waals surface area contributed by atoms with Crippen LogP contribution in [0.15, 0.2) is 24.3 Å². The van der Waals surface area contributed by atoms with Crippen LogP contribution in [0.2, 0.25) is 0 Å². The normalized spacial score (nSPS) is 21.4. The van der Waals surface area contributed by atoms with Crippen LogP contribution in [-0.4, -0.2) is 60.3 Å². The molecule has 1 aliphatic heterocycles. The number of hydrogen-bond donors (Lipinski definition) is 1. The van der Waals surface area contributed by atoms with Crippen molar-refractivity contribution in [1.29, 1.82) is 0 Å². The van der Waals surface area contributed by atoms with Crippen molar-refractivity contribution < 1.29 is 9.84 Å². The van der Waals surface area contributed by atoms with Gasteiger partial charge >= 0.3 is 0 Å². The number of aliphatic hydroxyl groups is 1. The lowest BCUT2D eigenvalue weighted by Gasteiger charge is -2.27. The van der Waals surface area contributed by atoms with E-state index in [9.17, 15) is 0 Å². The van der Waals surface area contributed by atoms with Crippen LogP contribution in [-0.2, 0) is 6.54 Å². The van der Waals surface area contributed by atoms with Crippen molar-refractivity contribution in [2.24, 2.45) is 0 Å². The topological polar surface area (TPSA) is 35.9 Å². The maximum atomic E-state index is 8.79. The van der Waals surface area contributed by atoms with E-state index in [0.717, 1.165) is 18.3 Å². The van der Waals surface area contributed by atoms with Crippen LogP contribution in [0, 0.1) is 0 Å². The van der Waals surface area contributed by atoms with Gasteiger partial charge < -0.3 is 9.84 Å².